The van der Waals surface area contributed by atoms with E-state index in [2.05, 4.69) is 78.9 Å². The fourth-order valence-electron chi connectivity index (χ4n) is 5.40. The molecule has 0 spiro atoms. The van der Waals surface area contributed by atoms with Crippen molar-refractivity contribution in [3.63, 3.8) is 0 Å². The van der Waals surface area contributed by atoms with Gasteiger partial charge in [-0.2, -0.15) is 0 Å². The van der Waals surface area contributed by atoms with Gasteiger partial charge in [-0.1, -0.05) is 12.1 Å². The maximum absolute atomic E-state index is 9.71. The minimum Gasteiger partial charge on any atom is -0.392 e. The number of rotatable bonds is 9. The van der Waals surface area contributed by atoms with Crippen LogP contribution in [0.2, 0.25) is 0 Å². The minimum absolute atomic E-state index is 0.00914. The Morgan fingerprint density at radius 3 is 2.53 bits per heavy atom. The smallest absolute Gasteiger partial charge is 0.223 e. The molecule has 1 fully saturated rings. The number of anilines is 1. The van der Waals surface area contributed by atoms with Gasteiger partial charge in [0.1, 0.15) is 6.73 Å². The number of aromatic nitrogens is 3. The quantitative estimate of drug-likeness (QED) is 0.350. The Morgan fingerprint density at radius 2 is 1.86 bits per heavy atom. The number of aliphatic hydroxyl groups is 1. The molecule has 8 heteroatoms. The molecule has 7 nitrogen and oxygen atoms in total. The Labute approximate surface area is 217 Å². The van der Waals surface area contributed by atoms with Crippen LogP contribution >= 0.6 is 10.0 Å². The number of hydrogen-bond acceptors (Lipinski definition) is 6. The second-order valence-corrected chi connectivity index (χ2v) is 16.9. The predicted octanol–water partition coefficient (Wildman–Crippen LogP) is 4.98. The van der Waals surface area contributed by atoms with Crippen molar-refractivity contribution in [2.24, 2.45) is 0 Å². The minimum atomic E-state index is -0.596. The maximum Gasteiger partial charge on any atom is 0.223 e. The van der Waals surface area contributed by atoms with E-state index in [1.54, 1.807) is 0 Å². The van der Waals surface area contributed by atoms with Gasteiger partial charge in [0.15, 0.2) is 0 Å². The van der Waals surface area contributed by atoms with Crippen molar-refractivity contribution in [1.29, 1.82) is 0 Å². The number of piperidine rings is 1. The average molecular weight is 514 g/mol. The van der Waals surface area contributed by atoms with E-state index in [4.69, 9.17) is 9.72 Å². The lowest BCUT2D eigenvalue weighted by Crippen LogP contribution is -2.60. The first-order valence-corrected chi connectivity index (χ1v) is 15.7. The van der Waals surface area contributed by atoms with Crippen LogP contribution in [0.5, 0.6) is 0 Å². The highest BCUT2D eigenvalue weighted by atomic mass is 32.3. The van der Waals surface area contributed by atoms with Gasteiger partial charge in [-0.15, -0.1) is 0 Å². The molecule has 4 rings (SSSR count). The lowest BCUT2D eigenvalue weighted by atomic mass is 9.80. The Morgan fingerprint density at radius 1 is 1.14 bits per heavy atom. The van der Waals surface area contributed by atoms with Gasteiger partial charge in [0, 0.05) is 46.2 Å². The van der Waals surface area contributed by atoms with Crippen molar-refractivity contribution in [2.45, 2.75) is 71.0 Å². The van der Waals surface area contributed by atoms with Crippen LogP contribution in [0.4, 0.5) is 5.95 Å². The van der Waals surface area contributed by atoms with Crippen LogP contribution in [0.3, 0.4) is 0 Å². The van der Waals surface area contributed by atoms with Crippen LogP contribution in [-0.4, -0.2) is 67.9 Å². The van der Waals surface area contributed by atoms with Crippen LogP contribution in [0.25, 0.3) is 22.2 Å². The molecule has 1 aliphatic heterocycles. The summed E-state index contributed by atoms with van der Waals surface area (Å²) in [4.78, 5) is 9.47. The molecule has 0 radical (unpaired) electrons. The molecule has 3 heterocycles. The number of hydrogen-bond donors (Lipinski definition) is 3. The summed E-state index contributed by atoms with van der Waals surface area (Å²) in [6, 6.07) is 8.33. The fraction of sp³-hybridized carbons (Fsp3) is 0.571. The third-order valence-corrected chi connectivity index (χ3v) is 8.05. The zero-order valence-electron chi connectivity index (χ0n) is 22.9. The van der Waals surface area contributed by atoms with Crippen LogP contribution in [0.1, 0.15) is 46.1 Å². The zero-order valence-corrected chi connectivity index (χ0v) is 23.7. The van der Waals surface area contributed by atoms with E-state index >= 15 is 0 Å². The SMILES string of the molecule is CC1(C)CC(Nc2nccc(-c3cn(COCCS(C)(C)C)c4cc(CO)ccc34)n2)CC(C)(C)N1. The lowest BCUT2D eigenvalue weighted by molar-refractivity contribution is 0.0928. The molecule has 0 atom stereocenters. The highest BCUT2D eigenvalue weighted by molar-refractivity contribution is 8.32. The first kappa shape index (κ1) is 26.9. The normalized spacial score (nSPS) is 18.4. The second-order valence-electron chi connectivity index (χ2n) is 12.3. The summed E-state index contributed by atoms with van der Waals surface area (Å²) in [6.45, 7) is 10.2. The molecule has 1 aromatic carbocycles. The zero-order chi connectivity index (χ0) is 26.1. The third kappa shape index (κ3) is 6.79. The number of nitrogens with one attached hydrogen (secondary N) is 2. The lowest BCUT2D eigenvalue weighted by Gasteiger charge is -2.46. The van der Waals surface area contributed by atoms with Crippen LogP contribution < -0.4 is 10.6 Å². The van der Waals surface area contributed by atoms with Gasteiger partial charge in [-0.05, 0) is 77.0 Å². The Hall–Kier alpha value is -2.13. The number of nitrogens with zero attached hydrogens (tertiary/aromatic N) is 3. The summed E-state index contributed by atoms with van der Waals surface area (Å²) in [5, 5.41) is 18.1. The number of fused-ring (bicyclic) bond motifs is 1. The molecule has 0 unspecified atom stereocenters. The van der Waals surface area contributed by atoms with E-state index in [0.717, 1.165) is 52.9 Å². The van der Waals surface area contributed by atoms with Crippen molar-refractivity contribution < 1.29 is 9.84 Å². The largest absolute Gasteiger partial charge is 0.392 e. The number of ether oxygens (including phenoxy) is 1. The fourth-order valence-corrected chi connectivity index (χ4v) is 6.02. The summed E-state index contributed by atoms with van der Waals surface area (Å²) in [5.41, 5.74) is 3.92. The number of benzene rings is 1. The topological polar surface area (TPSA) is 84.2 Å². The van der Waals surface area contributed by atoms with Crippen LogP contribution in [-0.2, 0) is 18.1 Å². The molecule has 0 aliphatic carbocycles. The average Bonchev–Trinajstić information content (AvgIpc) is 3.12. The van der Waals surface area contributed by atoms with E-state index in [9.17, 15) is 5.11 Å². The van der Waals surface area contributed by atoms with E-state index in [0.29, 0.717) is 18.7 Å². The molecule has 36 heavy (non-hydrogen) atoms. The molecular weight excluding hydrogens is 470 g/mol. The molecule has 0 saturated carbocycles. The molecule has 2 aromatic heterocycles. The third-order valence-electron chi connectivity index (χ3n) is 6.65. The molecular formula is C28H43N5O2S. The van der Waals surface area contributed by atoms with Gasteiger partial charge in [-0.3, -0.25) is 0 Å². The summed E-state index contributed by atoms with van der Waals surface area (Å²) >= 11 is 0. The van der Waals surface area contributed by atoms with E-state index in [-0.39, 0.29) is 17.7 Å². The van der Waals surface area contributed by atoms with Gasteiger partial charge < -0.3 is 25.0 Å². The van der Waals surface area contributed by atoms with Crippen molar-refractivity contribution >= 4 is 26.9 Å². The van der Waals surface area contributed by atoms with Crippen LogP contribution in [0, 0.1) is 0 Å². The Bertz CT molecular complexity index is 1180. The molecule has 3 aromatic rings. The summed E-state index contributed by atoms with van der Waals surface area (Å²) in [7, 11) is -0.596. The van der Waals surface area contributed by atoms with Gasteiger partial charge in [0.25, 0.3) is 0 Å². The van der Waals surface area contributed by atoms with Crippen molar-refractivity contribution in [3.8, 4) is 11.3 Å². The van der Waals surface area contributed by atoms with Gasteiger partial charge in [0.2, 0.25) is 5.95 Å². The van der Waals surface area contributed by atoms with Gasteiger partial charge in [0.05, 0.1) is 24.4 Å². The van der Waals surface area contributed by atoms with Gasteiger partial charge >= 0.3 is 0 Å². The Kier molecular flexibility index (Phi) is 7.72. The van der Waals surface area contributed by atoms with Crippen LogP contribution in [0.15, 0.2) is 36.7 Å². The Balaban J connectivity index is 1.60. The molecule has 1 saturated heterocycles. The summed E-state index contributed by atoms with van der Waals surface area (Å²) in [5.74, 6) is 1.73. The molecule has 3 N–H and O–H groups in total. The van der Waals surface area contributed by atoms with E-state index < -0.39 is 10.0 Å². The second kappa shape index (κ2) is 10.3. The van der Waals surface area contributed by atoms with Crippen molar-refractivity contribution in [1.82, 2.24) is 19.9 Å². The molecule has 198 valence electrons. The first-order chi connectivity index (χ1) is 16.8. The molecule has 0 bridgehead atoms. The van der Waals surface area contributed by atoms with E-state index in [1.165, 1.54) is 0 Å². The number of aliphatic hydroxyl groups excluding tert-OH is 1. The first-order valence-electron chi connectivity index (χ1n) is 12.7. The highest BCUT2D eigenvalue weighted by Gasteiger charge is 2.37. The molecule has 0 amide bonds. The highest BCUT2D eigenvalue weighted by Crippen LogP contribution is 2.35. The molecule has 1 aliphatic rings. The van der Waals surface area contributed by atoms with Crippen molar-refractivity contribution in [2.75, 3.05) is 36.4 Å². The standard InChI is InChI=1S/C28H43N5O2S/c1-27(2)15-21(16-28(3,4)32-27)30-26-29-11-10-24(31-26)23-17-33(19-35-12-13-36(5,6)7)25-14-20(18-34)8-9-22(23)25/h8-11,14,17,21,32,34H,12-13,15-16,18-19H2,1-7H3,(H,29,30,31). The predicted molar refractivity (Wildman–Crippen MR) is 153 cm³/mol. The van der Waals surface area contributed by atoms with Gasteiger partial charge in [-0.25, -0.2) is 20.0 Å². The van der Waals surface area contributed by atoms with E-state index in [1.807, 2.05) is 24.4 Å². The van der Waals surface area contributed by atoms with Crippen molar-refractivity contribution in [3.05, 3.63) is 42.2 Å². The summed E-state index contributed by atoms with van der Waals surface area (Å²) < 4.78 is 8.18. The monoisotopic (exact) mass is 513 g/mol. The summed E-state index contributed by atoms with van der Waals surface area (Å²) in [6.07, 6.45) is 12.9. The maximum atomic E-state index is 9.71.